The molecule has 7 heteroatoms. The number of nitrogens with zero attached hydrogens (tertiary/aromatic N) is 2. The molecule has 2 heterocycles. The zero-order chi connectivity index (χ0) is 15.7. The third kappa shape index (κ3) is 2.90. The first-order valence-corrected chi connectivity index (χ1v) is 8.95. The lowest BCUT2D eigenvalue weighted by Gasteiger charge is -2.09. The number of rotatable bonds is 4. The molecule has 0 bridgehead atoms. The fraction of sp³-hybridized carbons (Fsp3) is 0.133. The number of nitrogens with one attached hydrogen (secondary N) is 1. The van der Waals surface area contributed by atoms with Crippen LogP contribution in [0.2, 0.25) is 0 Å². The summed E-state index contributed by atoms with van der Waals surface area (Å²) in [6.07, 6.45) is 3.48. The first-order valence-electron chi connectivity index (χ1n) is 6.66. The molecule has 0 amide bonds. The number of anilines is 1. The van der Waals surface area contributed by atoms with Crippen molar-refractivity contribution in [3.05, 3.63) is 58.5 Å². The molecule has 0 aliphatic heterocycles. The van der Waals surface area contributed by atoms with E-state index < -0.39 is 10.0 Å². The van der Waals surface area contributed by atoms with Gasteiger partial charge in [0.2, 0.25) is 0 Å². The van der Waals surface area contributed by atoms with Crippen molar-refractivity contribution in [2.24, 2.45) is 0 Å². The van der Waals surface area contributed by atoms with Gasteiger partial charge in [0, 0.05) is 22.1 Å². The van der Waals surface area contributed by atoms with E-state index >= 15 is 0 Å². The fourth-order valence-electron chi connectivity index (χ4n) is 2.22. The molecule has 1 N–H and O–H groups in total. The van der Waals surface area contributed by atoms with Gasteiger partial charge in [0.25, 0.3) is 10.0 Å². The molecular formula is C15H15N3O2S2. The summed E-state index contributed by atoms with van der Waals surface area (Å²) in [6.45, 7) is 3.71. The van der Waals surface area contributed by atoms with Gasteiger partial charge in [-0.05, 0) is 44.2 Å². The normalized spacial score (nSPS) is 11.5. The van der Waals surface area contributed by atoms with Crippen molar-refractivity contribution in [3.63, 3.8) is 0 Å². The lowest BCUT2D eigenvalue weighted by atomic mass is 10.3. The molecule has 3 rings (SSSR count). The highest BCUT2D eigenvalue weighted by molar-refractivity contribution is 7.93. The molecule has 0 aliphatic carbocycles. The predicted octanol–water partition coefficient (Wildman–Crippen LogP) is 3.35. The average molecular weight is 333 g/mol. The lowest BCUT2D eigenvalue weighted by molar-refractivity contribution is 0.601. The minimum absolute atomic E-state index is 0.333. The fourth-order valence-corrected chi connectivity index (χ4v) is 4.82. The van der Waals surface area contributed by atoms with Crippen LogP contribution in [0.5, 0.6) is 0 Å². The van der Waals surface area contributed by atoms with Gasteiger partial charge in [-0.2, -0.15) is 5.10 Å². The Hall–Kier alpha value is -2.12. The van der Waals surface area contributed by atoms with E-state index in [0.717, 1.165) is 15.4 Å². The van der Waals surface area contributed by atoms with Crippen LogP contribution in [-0.4, -0.2) is 18.2 Å². The van der Waals surface area contributed by atoms with E-state index in [2.05, 4.69) is 9.82 Å². The third-order valence-electron chi connectivity index (χ3n) is 3.15. The number of hydrogen-bond donors (Lipinski definition) is 1. The summed E-state index contributed by atoms with van der Waals surface area (Å²) in [5, 5.41) is 4.14. The van der Waals surface area contributed by atoms with E-state index in [1.54, 1.807) is 41.3 Å². The van der Waals surface area contributed by atoms with E-state index in [-0.39, 0.29) is 0 Å². The molecule has 3 aromatic rings. The molecule has 114 valence electrons. The maximum Gasteiger partial charge on any atom is 0.263 e. The van der Waals surface area contributed by atoms with E-state index in [1.165, 1.54) is 11.3 Å². The van der Waals surface area contributed by atoms with Gasteiger partial charge >= 0.3 is 0 Å². The SMILES string of the molecule is Cc1cc(S(=O)(=O)Nc2cccc(-n3cccn3)c2)c(C)s1. The van der Waals surface area contributed by atoms with Gasteiger partial charge in [-0.3, -0.25) is 4.72 Å². The van der Waals surface area contributed by atoms with Crippen LogP contribution < -0.4 is 4.72 Å². The zero-order valence-corrected chi connectivity index (χ0v) is 13.8. The Morgan fingerprint density at radius 2 is 2.00 bits per heavy atom. The second-order valence-corrected chi connectivity index (χ2v) is 8.00. The molecule has 0 atom stereocenters. The van der Waals surface area contributed by atoms with Gasteiger partial charge < -0.3 is 0 Å². The Morgan fingerprint density at radius 3 is 2.64 bits per heavy atom. The maximum atomic E-state index is 12.5. The summed E-state index contributed by atoms with van der Waals surface area (Å²) in [7, 11) is -3.58. The van der Waals surface area contributed by atoms with Crippen LogP contribution in [0.15, 0.2) is 53.7 Å². The van der Waals surface area contributed by atoms with Gasteiger partial charge in [0.1, 0.15) is 4.90 Å². The summed E-state index contributed by atoms with van der Waals surface area (Å²) in [6, 6.07) is 10.6. The first-order chi connectivity index (χ1) is 10.5. The lowest BCUT2D eigenvalue weighted by Crippen LogP contribution is -2.13. The van der Waals surface area contributed by atoms with Crippen LogP contribution >= 0.6 is 11.3 Å². The second kappa shape index (κ2) is 5.58. The van der Waals surface area contributed by atoms with Gasteiger partial charge in [0.05, 0.1) is 11.4 Å². The summed E-state index contributed by atoms with van der Waals surface area (Å²) in [5.41, 5.74) is 1.31. The first kappa shape index (κ1) is 14.8. The molecule has 5 nitrogen and oxygen atoms in total. The van der Waals surface area contributed by atoms with Crippen molar-refractivity contribution < 1.29 is 8.42 Å². The highest BCUT2D eigenvalue weighted by Gasteiger charge is 2.19. The van der Waals surface area contributed by atoms with Crippen LogP contribution in [0.25, 0.3) is 5.69 Å². The van der Waals surface area contributed by atoms with E-state index in [4.69, 9.17) is 0 Å². The standard InChI is InChI=1S/C15H15N3O2S2/c1-11-9-15(12(2)21-11)22(19,20)17-13-5-3-6-14(10-13)18-8-4-7-16-18/h3-10,17H,1-2H3. The minimum Gasteiger partial charge on any atom is -0.280 e. The second-order valence-electron chi connectivity index (χ2n) is 4.88. The molecule has 0 aliphatic rings. The molecular weight excluding hydrogens is 318 g/mol. The van der Waals surface area contributed by atoms with Crippen molar-refractivity contribution in [2.75, 3.05) is 4.72 Å². The molecule has 0 saturated carbocycles. The summed E-state index contributed by atoms with van der Waals surface area (Å²) in [5.74, 6) is 0. The Labute approximate surface area is 133 Å². The summed E-state index contributed by atoms with van der Waals surface area (Å²) < 4.78 is 29.3. The minimum atomic E-state index is -3.58. The predicted molar refractivity (Wildman–Crippen MR) is 88.2 cm³/mol. The molecule has 0 unspecified atom stereocenters. The number of benzene rings is 1. The van der Waals surface area contributed by atoms with Gasteiger partial charge in [-0.25, -0.2) is 13.1 Å². The highest BCUT2D eigenvalue weighted by atomic mass is 32.2. The molecule has 22 heavy (non-hydrogen) atoms. The Balaban J connectivity index is 1.93. The van der Waals surface area contributed by atoms with Crippen LogP contribution in [0.3, 0.4) is 0 Å². The van der Waals surface area contributed by atoms with Crippen molar-refractivity contribution in [3.8, 4) is 5.69 Å². The maximum absolute atomic E-state index is 12.5. The van der Waals surface area contributed by atoms with Crippen LogP contribution in [0.4, 0.5) is 5.69 Å². The number of aromatic nitrogens is 2. The number of sulfonamides is 1. The Morgan fingerprint density at radius 1 is 1.18 bits per heavy atom. The summed E-state index contributed by atoms with van der Waals surface area (Å²) >= 11 is 1.47. The molecule has 1 aromatic carbocycles. The quantitative estimate of drug-likeness (QED) is 0.796. The van der Waals surface area contributed by atoms with Crippen molar-refractivity contribution in [1.29, 1.82) is 0 Å². The molecule has 0 saturated heterocycles. The molecule has 0 fully saturated rings. The van der Waals surface area contributed by atoms with Crippen molar-refractivity contribution >= 4 is 27.0 Å². The van der Waals surface area contributed by atoms with Gasteiger partial charge in [-0.15, -0.1) is 11.3 Å². The Bertz CT molecular complexity index is 897. The molecule has 2 aromatic heterocycles. The molecule has 0 radical (unpaired) electrons. The van der Waals surface area contributed by atoms with Crippen molar-refractivity contribution in [2.45, 2.75) is 18.7 Å². The Kier molecular flexibility index (Phi) is 3.76. The van der Waals surface area contributed by atoms with Crippen molar-refractivity contribution in [1.82, 2.24) is 9.78 Å². The monoisotopic (exact) mass is 333 g/mol. The topological polar surface area (TPSA) is 64.0 Å². The van der Waals surface area contributed by atoms with E-state index in [1.807, 2.05) is 26.0 Å². The van der Waals surface area contributed by atoms with E-state index in [9.17, 15) is 8.42 Å². The van der Waals surface area contributed by atoms with Gasteiger partial charge in [-0.1, -0.05) is 6.07 Å². The zero-order valence-electron chi connectivity index (χ0n) is 12.1. The highest BCUT2D eigenvalue weighted by Crippen LogP contribution is 2.27. The van der Waals surface area contributed by atoms with Crippen LogP contribution in [-0.2, 0) is 10.0 Å². The number of thiophene rings is 1. The number of hydrogen-bond acceptors (Lipinski definition) is 4. The summed E-state index contributed by atoms with van der Waals surface area (Å²) in [4.78, 5) is 2.09. The van der Waals surface area contributed by atoms with Crippen LogP contribution in [0, 0.1) is 13.8 Å². The van der Waals surface area contributed by atoms with Gasteiger partial charge in [0.15, 0.2) is 0 Å². The largest absolute Gasteiger partial charge is 0.280 e. The number of aryl methyl sites for hydroxylation is 2. The third-order valence-corrected chi connectivity index (χ3v) is 5.75. The average Bonchev–Trinajstić information content (AvgIpc) is 3.08. The smallest absolute Gasteiger partial charge is 0.263 e. The van der Waals surface area contributed by atoms with Crippen LogP contribution in [0.1, 0.15) is 9.75 Å². The van der Waals surface area contributed by atoms with E-state index in [0.29, 0.717) is 10.6 Å². The molecule has 0 spiro atoms.